The fourth-order valence-electron chi connectivity index (χ4n) is 3.85. The van der Waals surface area contributed by atoms with Crippen molar-refractivity contribution in [3.63, 3.8) is 0 Å². The number of nitrogens with zero attached hydrogens (tertiary/aromatic N) is 1. The lowest BCUT2D eigenvalue weighted by molar-refractivity contribution is 0.233. The van der Waals surface area contributed by atoms with Crippen LogP contribution in [-0.4, -0.2) is 30.6 Å². The van der Waals surface area contributed by atoms with Crippen molar-refractivity contribution in [3.8, 4) is 5.75 Å². The van der Waals surface area contributed by atoms with Crippen LogP contribution in [-0.2, 0) is 0 Å². The second-order valence-corrected chi connectivity index (χ2v) is 6.46. The van der Waals surface area contributed by atoms with Gasteiger partial charge in [0.2, 0.25) is 0 Å². The van der Waals surface area contributed by atoms with Crippen LogP contribution < -0.4 is 4.74 Å². The first kappa shape index (κ1) is 16.1. The third-order valence-corrected chi connectivity index (χ3v) is 5.12. The smallest absolute Gasteiger partial charge is 0.118 e. The van der Waals surface area contributed by atoms with Crippen molar-refractivity contribution >= 4 is 5.57 Å². The molecule has 0 aromatic heterocycles. The van der Waals surface area contributed by atoms with E-state index < -0.39 is 0 Å². The van der Waals surface area contributed by atoms with Crippen LogP contribution in [0.3, 0.4) is 0 Å². The van der Waals surface area contributed by atoms with Gasteiger partial charge in [-0.1, -0.05) is 36.4 Å². The van der Waals surface area contributed by atoms with Gasteiger partial charge < -0.3 is 4.74 Å². The first-order valence-corrected chi connectivity index (χ1v) is 8.64. The maximum atomic E-state index is 5.27. The van der Waals surface area contributed by atoms with Crippen LogP contribution in [0.2, 0.25) is 0 Å². The van der Waals surface area contributed by atoms with Gasteiger partial charge in [-0.15, -0.1) is 0 Å². The molecule has 2 aliphatic rings. The third kappa shape index (κ3) is 3.42. The molecule has 1 fully saturated rings. The van der Waals surface area contributed by atoms with Crippen molar-refractivity contribution < 1.29 is 4.74 Å². The summed E-state index contributed by atoms with van der Waals surface area (Å²) in [6.07, 6.45) is 12.9. The van der Waals surface area contributed by atoms with E-state index in [0.29, 0.717) is 12.1 Å². The van der Waals surface area contributed by atoms with Gasteiger partial charge in [-0.05, 0) is 62.0 Å². The Morgan fingerprint density at radius 1 is 1.22 bits per heavy atom. The number of methoxy groups -OCH3 is 1. The van der Waals surface area contributed by atoms with Crippen molar-refractivity contribution in [2.45, 2.75) is 45.2 Å². The predicted molar refractivity (Wildman–Crippen MR) is 97.7 cm³/mol. The van der Waals surface area contributed by atoms with Crippen LogP contribution in [0.5, 0.6) is 5.75 Å². The molecule has 2 aliphatic heterocycles. The standard InChI is InChI=1S/C21H27NO/c1-4-6-16(5-2)15-22-19-9-10-20(22)14-18(13-19)17-7-11-21(23-3)12-8-17/h4-8,11-13,19-20H,9-10,14-15H2,1-3H3. The molecule has 2 unspecified atom stereocenters. The lowest BCUT2D eigenvalue weighted by Crippen LogP contribution is -2.39. The fraction of sp³-hybridized carbons (Fsp3) is 0.429. The predicted octanol–water partition coefficient (Wildman–Crippen LogP) is 4.84. The minimum Gasteiger partial charge on any atom is -0.497 e. The summed E-state index contributed by atoms with van der Waals surface area (Å²) in [5, 5.41) is 0. The van der Waals surface area contributed by atoms with Crippen molar-refractivity contribution in [2.75, 3.05) is 13.7 Å². The second kappa shape index (κ2) is 7.18. The van der Waals surface area contributed by atoms with Crippen molar-refractivity contribution in [1.29, 1.82) is 0 Å². The van der Waals surface area contributed by atoms with Crippen molar-refractivity contribution in [1.82, 2.24) is 4.90 Å². The molecule has 1 saturated heterocycles. The van der Waals surface area contributed by atoms with E-state index in [0.717, 1.165) is 18.7 Å². The van der Waals surface area contributed by atoms with Crippen LogP contribution in [0.25, 0.3) is 5.57 Å². The number of hydrogen-bond donors (Lipinski definition) is 0. The fourth-order valence-corrected chi connectivity index (χ4v) is 3.85. The van der Waals surface area contributed by atoms with Gasteiger partial charge in [-0.2, -0.15) is 0 Å². The highest BCUT2D eigenvalue weighted by molar-refractivity contribution is 5.68. The molecule has 0 amide bonds. The molecular weight excluding hydrogens is 282 g/mol. The summed E-state index contributed by atoms with van der Waals surface area (Å²) in [5.41, 5.74) is 4.28. The van der Waals surface area contributed by atoms with E-state index in [4.69, 9.17) is 4.74 Å². The summed E-state index contributed by atoms with van der Waals surface area (Å²) in [5.74, 6) is 0.929. The molecule has 2 heterocycles. The van der Waals surface area contributed by atoms with Crippen molar-refractivity contribution in [3.05, 3.63) is 59.7 Å². The Bertz CT molecular complexity index is 624. The van der Waals surface area contributed by atoms with Gasteiger partial charge in [0.05, 0.1) is 7.11 Å². The molecule has 23 heavy (non-hydrogen) atoms. The number of fused-ring (bicyclic) bond motifs is 2. The molecule has 1 aromatic carbocycles. The Kier molecular flexibility index (Phi) is 5.02. The first-order valence-electron chi connectivity index (χ1n) is 8.64. The summed E-state index contributed by atoms with van der Waals surface area (Å²) in [7, 11) is 1.72. The van der Waals surface area contributed by atoms with E-state index in [9.17, 15) is 0 Å². The molecule has 2 atom stereocenters. The Balaban J connectivity index is 1.77. The number of ether oxygens (including phenoxy) is 1. The molecule has 0 saturated carbocycles. The molecule has 1 aromatic rings. The van der Waals surface area contributed by atoms with E-state index in [1.54, 1.807) is 7.11 Å². The second-order valence-electron chi connectivity index (χ2n) is 6.46. The Morgan fingerprint density at radius 3 is 2.61 bits per heavy atom. The Labute approximate surface area is 140 Å². The van der Waals surface area contributed by atoms with Gasteiger partial charge in [0, 0.05) is 18.6 Å². The molecular formula is C21H27NO. The summed E-state index contributed by atoms with van der Waals surface area (Å²) in [4.78, 5) is 2.68. The highest BCUT2D eigenvalue weighted by atomic mass is 16.5. The van der Waals surface area contributed by atoms with Gasteiger partial charge in [0.15, 0.2) is 0 Å². The molecule has 122 valence electrons. The van der Waals surface area contributed by atoms with Crippen LogP contribution in [0.15, 0.2) is 54.1 Å². The SMILES string of the molecule is CC=CC(=CC)CN1C2C=C(c3ccc(OC)cc3)CC1CC2. The average molecular weight is 309 g/mol. The number of hydrogen-bond acceptors (Lipinski definition) is 2. The minimum absolute atomic E-state index is 0.589. The monoisotopic (exact) mass is 309 g/mol. The molecule has 2 bridgehead atoms. The van der Waals surface area contributed by atoms with Gasteiger partial charge in [0.1, 0.15) is 5.75 Å². The number of benzene rings is 1. The minimum atomic E-state index is 0.589. The summed E-state index contributed by atoms with van der Waals surface area (Å²) >= 11 is 0. The molecule has 0 radical (unpaired) electrons. The van der Waals surface area contributed by atoms with E-state index in [2.05, 4.69) is 67.3 Å². The molecule has 0 spiro atoms. The average Bonchev–Trinajstić information content (AvgIpc) is 2.82. The number of allylic oxidation sites excluding steroid dienone is 2. The molecule has 2 heteroatoms. The highest BCUT2D eigenvalue weighted by Gasteiger charge is 2.36. The van der Waals surface area contributed by atoms with E-state index in [1.165, 1.54) is 29.6 Å². The van der Waals surface area contributed by atoms with Gasteiger partial charge in [-0.3, -0.25) is 4.90 Å². The lowest BCUT2D eigenvalue weighted by atomic mass is 9.94. The number of rotatable bonds is 5. The normalized spacial score (nSPS) is 25.0. The molecule has 3 rings (SSSR count). The zero-order chi connectivity index (χ0) is 16.2. The quantitative estimate of drug-likeness (QED) is 0.722. The highest BCUT2D eigenvalue weighted by Crippen LogP contribution is 2.39. The topological polar surface area (TPSA) is 12.5 Å². The van der Waals surface area contributed by atoms with Crippen LogP contribution in [0.1, 0.15) is 38.7 Å². The Morgan fingerprint density at radius 2 is 2.00 bits per heavy atom. The third-order valence-electron chi connectivity index (χ3n) is 5.12. The maximum absolute atomic E-state index is 5.27. The van der Waals surface area contributed by atoms with Crippen LogP contribution >= 0.6 is 0 Å². The molecule has 0 N–H and O–H groups in total. The van der Waals surface area contributed by atoms with E-state index in [1.807, 2.05) is 0 Å². The largest absolute Gasteiger partial charge is 0.497 e. The maximum Gasteiger partial charge on any atom is 0.118 e. The van der Waals surface area contributed by atoms with Gasteiger partial charge >= 0.3 is 0 Å². The van der Waals surface area contributed by atoms with Crippen LogP contribution in [0.4, 0.5) is 0 Å². The zero-order valence-electron chi connectivity index (χ0n) is 14.5. The molecule has 0 aliphatic carbocycles. The van der Waals surface area contributed by atoms with E-state index >= 15 is 0 Å². The molecule has 2 nitrogen and oxygen atoms in total. The van der Waals surface area contributed by atoms with E-state index in [-0.39, 0.29) is 0 Å². The lowest BCUT2D eigenvalue weighted by Gasteiger charge is -2.34. The van der Waals surface area contributed by atoms with Crippen molar-refractivity contribution in [2.24, 2.45) is 0 Å². The van der Waals surface area contributed by atoms with Crippen LogP contribution in [0, 0.1) is 0 Å². The van der Waals surface area contributed by atoms with Gasteiger partial charge in [-0.25, -0.2) is 0 Å². The zero-order valence-corrected chi connectivity index (χ0v) is 14.5. The first-order chi connectivity index (χ1) is 11.2. The summed E-state index contributed by atoms with van der Waals surface area (Å²) in [6.45, 7) is 5.30. The summed E-state index contributed by atoms with van der Waals surface area (Å²) < 4.78 is 5.27. The summed E-state index contributed by atoms with van der Waals surface area (Å²) in [6, 6.07) is 9.78. The Hall–Kier alpha value is -1.80. The van der Waals surface area contributed by atoms with Gasteiger partial charge in [0.25, 0.3) is 0 Å².